The maximum atomic E-state index is 12.5. The lowest BCUT2D eigenvalue weighted by atomic mass is 9.96. The van der Waals surface area contributed by atoms with Crippen molar-refractivity contribution in [3.05, 3.63) is 29.8 Å². The summed E-state index contributed by atoms with van der Waals surface area (Å²) in [6, 6.07) is 7.87. The van der Waals surface area contributed by atoms with Crippen LogP contribution in [0.15, 0.2) is 24.3 Å². The predicted octanol–water partition coefficient (Wildman–Crippen LogP) is 1.81. The molecule has 1 aromatic carbocycles. The van der Waals surface area contributed by atoms with Gasteiger partial charge in [0.1, 0.15) is 0 Å². The van der Waals surface area contributed by atoms with Crippen LogP contribution < -0.4 is 15.5 Å². The van der Waals surface area contributed by atoms with Crippen molar-refractivity contribution in [2.24, 2.45) is 5.92 Å². The smallest absolute Gasteiger partial charge is 0.239 e. The van der Waals surface area contributed by atoms with Gasteiger partial charge >= 0.3 is 0 Å². The second-order valence-corrected chi connectivity index (χ2v) is 6.44. The molecule has 0 aromatic heterocycles. The summed E-state index contributed by atoms with van der Waals surface area (Å²) in [6.07, 6.45) is 1.16. The lowest BCUT2D eigenvalue weighted by Gasteiger charge is -2.23. The largest absolute Gasteiger partial charge is 0.355 e. The third-order valence-electron chi connectivity index (χ3n) is 4.66. The van der Waals surface area contributed by atoms with Crippen LogP contribution in [0.5, 0.6) is 0 Å². The SMILES string of the molecule is CCNC(=O)CNC(=O)C1CC(=O)N(c2ccccc2C(C)CC)C1. The highest BCUT2D eigenvalue weighted by molar-refractivity contribution is 6.01. The van der Waals surface area contributed by atoms with E-state index in [1.807, 2.05) is 31.2 Å². The molecule has 0 radical (unpaired) electrons. The topological polar surface area (TPSA) is 78.5 Å². The molecule has 1 aliphatic heterocycles. The van der Waals surface area contributed by atoms with E-state index in [9.17, 15) is 14.4 Å². The molecule has 6 heteroatoms. The number of para-hydroxylation sites is 1. The van der Waals surface area contributed by atoms with Crippen LogP contribution in [0.4, 0.5) is 5.69 Å². The Hall–Kier alpha value is -2.37. The lowest BCUT2D eigenvalue weighted by Crippen LogP contribution is -2.40. The summed E-state index contributed by atoms with van der Waals surface area (Å²) in [6.45, 7) is 6.90. The number of carbonyl (C=O) groups excluding carboxylic acids is 3. The minimum absolute atomic E-state index is 0.0473. The molecule has 1 heterocycles. The maximum Gasteiger partial charge on any atom is 0.239 e. The van der Waals surface area contributed by atoms with Crippen LogP contribution in [0.2, 0.25) is 0 Å². The minimum atomic E-state index is -0.424. The second kappa shape index (κ2) is 8.65. The average molecular weight is 345 g/mol. The average Bonchev–Trinajstić information content (AvgIpc) is 3.01. The van der Waals surface area contributed by atoms with Gasteiger partial charge in [-0.2, -0.15) is 0 Å². The zero-order valence-electron chi connectivity index (χ0n) is 15.2. The minimum Gasteiger partial charge on any atom is -0.355 e. The highest BCUT2D eigenvalue weighted by Crippen LogP contribution is 2.33. The summed E-state index contributed by atoms with van der Waals surface area (Å²) in [7, 11) is 0. The van der Waals surface area contributed by atoms with Gasteiger partial charge in [-0.05, 0) is 30.9 Å². The van der Waals surface area contributed by atoms with Gasteiger partial charge in [0.2, 0.25) is 17.7 Å². The number of carbonyl (C=O) groups is 3. The summed E-state index contributed by atoms with van der Waals surface area (Å²) >= 11 is 0. The molecule has 2 unspecified atom stereocenters. The zero-order valence-corrected chi connectivity index (χ0v) is 15.2. The van der Waals surface area contributed by atoms with Crippen LogP contribution in [0.25, 0.3) is 0 Å². The van der Waals surface area contributed by atoms with Gasteiger partial charge in [-0.3, -0.25) is 14.4 Å². The first-order chi connectivity index (χ1) is 12.0. The van der Waals surface area contributed by atoms with Crippen molar-refractivity contribution >= 4 is 23.4 Å². The van der Waals surface area contributed by atoms with Gasteiger partial charge in [-0.15, -0.1) is 0 Å². The summed E-state index contributed by atoms with van der Waals surface area (Å²) in [5.74, 6) is -0.599. The van der Waals surface area contributed by atoms with Crippen molar-refractivity contribution in [3.63, 3.8) is 0 Å². The van der Waals surface area contributed by atoms with Crippen molar-refractivity contribution in [3.8, 4) is 0 Å². The molecule has 25 heavy (non-hydrogen) atoms. The van der Waals surface area contributed by atoms with Gasteiger partial charge in [0.05, 0.1) is 12.5 Å². The van der Waals surface area contributed by atoms with Crippen LogP contribution in [-0.4, -0.2) is 37.4 Å². The Morgan fingerprint density at radius 2 is 1.96 bits per heavy atom. The van der Waals surface area contributed by atoms with Crippen LogP contribution in [0, 0.1) is 5.92 Å². The Bertz CT molecular complexity index is 645. The van der Waals surface area contributed by atoms with Crippen LogP contribution in [0.3, 0.4) is 0 Å². The first kappa shape index (κ1) is 19.0. The molecule has 3 amide bonds. The van der Waals surface area contributed by atoms with Crippen LogP contribution in [0.1, 0.15) is 45.1 Å². The van der Waals surface area contributed by atoms with Crippen LogP contribution in [-0.2, 0) is 14.4 Å². The predicted molar refractivity (Wildman–Crippen MR) is 97.3 cm³/mol. The van der Waals surface area contributed by atoms with E-state index in [4.69, 9.17) is 0 Å². The molecule has 0 saturated carbocycles. The lowest BCUT2D eigenvalue weighted by molar-refractivity contribution is -0.128. The number of likely N-dealkylation sites (N-methyl/N-ethyl adjacent to an activating group) is 1. The third kappa shape index (κ3) is 4.59. The second-order valence-electron chi connectivity index (χ2n) is 6.44. The van der Waals surface area contributed by atoms with Gasteiger partial charge in [0, 0.05) is 25.2 Å². The molecule has 0 spiro atoms. The molecular formula is C19H27N3O3. The number of nitrogens with one attached hydrogen (secondary N) is 2. The normalized spacial score (nSPS) is 18.1. The fourth-order valence-corrected chi connectivity index (χ4v) is 3.06. The van der Waals surface area contributed by atoms with E-state index in [0.717, 1.165) is 17.7 Å². The Morgan fingerprint density at radius 1 is 1.24 bits per heavy atom. The van der Waals surface area contributed by atoms with E-state index in [0.29, 0.717) is 19.0 Å². The number of hydrogen-bond donors (Lipinski definition) is 2. The van der Waals surface area contributed by atoms with Gasteiger partial charge in [-0.25, -0.2) is 0 Å². The summed E-state index contributed by atoms with van der Waals surface area (Å²) in [5, 5.41) is 5.25. The highest BCUT2D eigenvalue weighted by Gasteiger charge is 2.36. The van der Waals surface area contributed by atoms with Gasteiger partial charge in [-0.1, -0.05) is 32.0 Å². The van der Waals surface area contributed by atoms with Crippen molar-refractivity contribution in [2.45, 2.75) is 39.5 Å². The molecule has 2 atom stereocenters. The zero-order chi connectivity index (χ0) is 18.4. The van der Waals surface area contributed by atoms with E-state index in [2.05, 4.69) is 24.5 Å². The fourth-order valence-electron chi connectivity index (χ4n) is 3.06. The maximum absolute atomic E-state index is 12.5. The first-order valence-electron chi connectivity index (χ1n) is 8.91. The van der Waals surface area contributed by atoms with Crippen molar-refractivity contribution in [2.75, 3.05) is 24.5 Å². The molecular weight excluding hydrogens is 318 g/mol. The monoisotopic (exact) mass is 345 g/mol. The molecule has 1 fully saturated rings. The number of hydrogen-bond acceptors (Lipinski definition) is 3. The summed E-state index contributed by atoms with van der Waals surface area (Å²) < 4.78 is 0. The Labute approximate surface area is 149 Å². The third-order valence-corrected chi connectivity index (χ3v) is 4.66. The van der Waals surface area contributed by atoms with Crippen molar-refractivity contribution in [1.29, 1.82) is 0 Å². The molecule has 0 aliphatic carbocycles. The standard InChI is InChI=1S/C19H27N3O3/c1-4-13(3)15-8-6-7-9-16(15)22-12-14(10-18(22)24)19(25)21-11-17(23)20-5-2/h6-9,13-14H,4-5,10-12H2,1-3H3,(H,20,23)(H,21,25). The summed E-state index contributed by atoms with van der Waals surface area (Å²) in [4.78, 5) is 37.9. The molecule has 1 aromatic rings. The Morgan fingerprint density at radius 3 is 2.64 bits per heavy atom. The van der Waals surface area contributed by atoms with E-state index in [1.165, 1.54) is 0 Å². The fraction of sp³-hybridized carbons (Fsp3) is 0.526. The van der Waals surface area contributed by atoms with E-state index < -0.39 is 5.92 Å². The van der Waals surface area contributed by atoms with Crippen LogP contribution >= 0.6 is 0 Å². The molecule has 136 valence electrons. The Kier molecular flexibility index (Phi) is 6.56. The molecule has 6 nitrogen and oxygen atoms in total. The molecule has 2 N–H and O–H groups in total. The number of anilines is 1. The van der Waals surface area contributed by atoms with Gasteiger partial charge in [0.15, 0.2) is 0 Å². The van der Waals surface area contributed by atoms with E-state index in [1.54, 1.807) is 4.90 Å². The van der Waals surface area contributed by atoms with Crippen molar-refractivity contribution in [1.82, 2.24) is 10.6 Å². The molecule has 1 saturated heterocycles. The van der Waals surface area contributed by atoms with Crippen molar-refractivity contribution < 1.29 is 14.4 Å². The molecule has 1 aliphatic rings. The summed E-state index contributed by atoms with van der Waals surface area (Å²) in [5.41, 5.74) is 2.02. The molecule has 0 bridgehead atoms. The van der Waals surface area contributed by atoms with Gasteiger partial charge in [0.25, 0.3) is 0 Å². The molecule has 2 rings (SSSR count). The Balaban J connectivity index is 2.05. The number of nitrogens with zero attached hydrogens (tertiary/aromatic N) is 1. The van der Waals surface area contributed by atoms with Gasteiger partial charge < -0.3 is 15.5 Å². The highest BCUT2D eigenvalue weighted by atomic mass is 16.2. The quantitative estimate of drug-likeness (QED) is 0.791. The number of rotatable bonds is 7. The van der Waals surface area contributed by atoms with E-state index in [-0.39, 0.29) is 30.7 Å². The number of benzene rings is 1. The van der Waals surface area contributed by atoms with E-state index >= 15 is 0 Å². The first-order valence-corrected chi connectivity index (χ1v) is 8.91. The number of amides is 3.